The third-order valence-corrected chi connectivity index (χ3v) is 3.55. The van der Waals surface area contributed by atoms with Gasteiger partial charge in [-0.1, -0.05) is 38.1 Å². The van der Waals surface area contributed by atoms with Crippen LogP contribution < -0.4 is 4.74 Å². The SMILES string of the molecule is CC(C)c1ccc(/C=C2\Oc3cc(O)ccc3C2=O)cc1. The van der Waals surface area contributed by atoms with Gasteiger partial charge in [0.1, 0.15) is 11.5 Å². The minimum Gasteiger partial charge on any atom is -0.508 e. The van der Waals surface area contributed by atoms with Gasteiger partial charge in [0.05, 0.1) is 5.56 Å². The van der Waals surface area contributed by atoms with Crippen molar-refractivity contribution in [3.05, 3.63) is 64.9 Å². The molecule has 0 aliphatic carbocycles. The minimum atomic E-state index is -0.155. The average molecular weight is 280 g/mol. The summed E-state index contributed by atoms with van der Waals surface area (Å²) in [5, 5.41) is 9.43. The van der Waals surface area contributed by atoms with E-state index in [0.717, 1.165) is 5.56 Å². The van der Waals surface area contributed by atoms with Crippen LogP contribution in [0.2, 0.25) is 0 Å². The monoisotopic (exact) mass is 280 g/mol. The Kier molecular flexibility index (Phi) is 3.26. The van der Waals surface area contributed by atoms with Gasteiger partial charge in [0, 0.05) is 6.07 Å². The summed E-state index contributed by atoms with van der Waals surface area (Å²) in [5.74, 6) is 1.10. The molecule has 3 rings (SSSR count). The second-order valence-electron chi connectivity index (χ2n) is 5.44. The van der Waals surface area contributed by atoms with Gasteiger partial charge in [0.2, 0.25) is 5.78 Å². The Morgan fingerprint density at radius 2 is 1.81 bits per heavy atom. The van der Waals surface area contributed by atoms with Crippen LogP contribution in [0.25, 0.3) is 6.08 Å². The smallest absolute Gasteiger partial charge is 0.231 e. The Morgan fingerprint density at radius 1 is 1.10 bits per heavy atom. The highest BCUT2D eigenvalue weighted by atomic mass is 16.5. The molecular weight excluding hydrogens is 264 g/mol. The molecule has 1 aliphatic heterocycles. The van der Waals surface area contributed by atoms with Gasteiger partial charge in [-0.15, -0.1) is 0 Å². The summed E-state index contributed by atoms with van der Waals surface area (Å²) in [5.41, 5.74) is 2.65. The highest BCUT2D eigenvalue weighted by Gasteiger charge is 2.27. The molecule has 1 aliphatic rings. The van der Waals surface area contributed by atoms with Crippen LogP contribution in [0.1, 0.15) is 41.3 Å². The van der Waals surface area contributed by atoms with Gasteiger partial charge in [-0.05, 0) is 35.3 Å². The molecule has 0 spiro atoms. The largest absolute Gasteiger partial charge is 0.508 e. The molecule has 1 heterocycles. The molecule has 3 nitrogen and oxygen atoms in total. The molecule has 106 valence electrons. The van der Waals surface area contributed by atoms with Crippen LogP contribution in [0, 0.1) is 0 Å². The molecule has 0 aromatic heterocycles. The number of ether oxygens (including phenoxy) is 1. The van der Waals surface area contributed by atoms with Crippen molar-refractivity contribution in [2.75, 3.05) is 0 Å². The van der Waals surface area contributed by atoms with E-state index in [9.17, 15) is 9.90 Å². The Morgan fingerprint density at radius 3 is 2.48 bits per heavy atom. The van der Waals surface area contributed by atoms with Crippen molar-refractivity contribution in [2.24, 2.45) is 0 Å². The van der Waals surface area contributed by atoms with Crippen LogP contribution in [0.5, 0.6) is 11.5 Å². The normalized spacial score (nSPS) is 15.4. The summed E-state index contributed by atoms with van der Waals surface area (Å²) < 4.78 is 5.53. The number of hydrogen-bond donors (Lipinski definition) is 1. The number of benzene rings is 2. The number of ketones is 1. The third kappa shape index (κ3) is 2.55. The lowest BCUT2D eigenvalue weighted by molar-refractivity contribution is 0.101. The number of carbonyl (C=O) groups excluding carboxylic acids is 1. The van der Waals surface area contributed by atoms with Crippen LogP contribution in [0.3, 0.4) is 0 Å². The molecule has 0 bridgehead atoms. The van der Waals surface area contributed by atoms with Crippen LogP contribution in [0.4, 0.5) is 0 Å². The summed E-state index contributed by atoms with van der Waals surface area (Å²) in [6.07, 6.45) is 1.73. The van der Waals surface area contributed by atoms with Gasteiger partial charge < -0.3 is 9.84 Å². The second-order valence-corrected chi connectivity index (χ2v) is 5.44. The third-order valence-electron chi connectivity index (χ3n) is 3.55. The van der Waals surface area contributed by atoms with Gasteiger partial charge in [-0.3, -0.25) is 4.79 Å². The van der Waals surface area contributed by atoms with Crippen molar-refractivity contribution in [2.45, 2.75) is 19.8 Å². The summed E-state index contributed by atoms with van der Waals surface area (Å²) in [6.45, 7) is 4.28. The molecule has 0 saturated heterocycles. The van der Waals surface area contributed by atoms with E-state index < -0.39 is 0 Å². The number of allylic oxidation sites excluding steroid dienone is 1. The highest BCUT2D eigenvalue weighted by molar-refractivity contribution is 6.14. The van der Waals surface area contributed by atoms with Crippen LogP contribution in [0.15, 0.2) is 48.2 Å². The molecule has 0 amide bonds. The Bertz CT molecular complexity index is 725. The lowest BCUT2D eigenvalue weighted by Gasteiger charge is -2.05. The zero-order valence-corrected chi connectivity index (χ0v) is 12.0. The predicted molar refractivity (Wildman–Crippen MR) is 81.6 cm³/mol. The number of rotatable bonds is 2. The highest BCUT2D eigenvalue weighted by Crippen LogP contribution is 2.34. The fraction of sp³-hybridized carbons (Fsp3) is 0.167. The van der Waals surface area contributed by atoms with Gasteiger partial charge in [-0.2, -0.15) is 0 Å². The van der Waals surface area contributed by atoms with E-state index in [0.29, 0.717) is 17.2 Å². The summed E-state index contributed by atoms with van der Waals surface area (Å²) in [6, 6.07) is 12.6. The first-order chi connectivity index (χ1) is 10.0. The lowest BCUT2D eigenvalue weighted by atomic mass is 10.0. The van der Waals surface area contributed by atoms with Crippen LogP contribution in [-0.4, -0.2) is 10.9 Å². The van der Waals surface area contributed by atoms with Crippen molar-refractivity contribution >= 4 is 11.9 Å². The van der Waals surface area contributed by atoms with Gasteiger partial charge in [0.15, 0.2) is 5.76 Å². The van der Waals surface area contributed by atoms with Crippen molar-refractivity contribution < 1.29 is 14.6 Å². The number of carbonyl (C=O) groups is 1. The molecular formula is C18H16O3. The first-order valence-electron chi connectivity index (χ1n) is 6.92. The van der Waals surface area contributed by atoms with Crippen LogP contribution >= 0.6 is 0 Å². The van der Waals surface area contributed by atoms with Gasteiger partial charge >= 0.3 is 0 Å². The fourth-order valence-corrected chi connectivity index (χ4v) is 2.30. The maximum Gasteiger partial charge on any atom is 0.231 e. The quantitative estimate of drug-likeness (QED) is 0.841. The minimum absolute atomic E-state index is 0.0871. The fourth-order valence-electron chi connectivity index (χ4n) is 2.30. The summed E-state index contributed by atoms with van der Waals surface area (Å²) >= 11 is 0. The van der Waals surface area contributed by atoms with Crippen LogP contribution in [-0.2, 0) is 0 Å². The number of aromatic hydroxyl groups is 1. The number of fused-ring (bicyclic) bond motifs is 1. The topological polar surface area (TPSA) is 46.5 Å². The predicted octanol–water partition coefficient (Wildman–Crippen LogP) is 4.13. The number of Topliss-reactive ketones (excluding diaryl/α,β-unsaturated/α-hetero) is 1. The average Bonchev–Trinajstić information content (AvgIpc) is 2.75. The molecule has 1 N–H and O–H groups in total. The molecule has 3 heteroatoms. The van der Waals surface area contributed by atoms with Crippen molar-refractivity contribution in [3.63, 3.8) is 0 Å². The van der Waals surface area contributed by atoms with Gasteiger partial charge in [0.25, 0.3) is 0 Å². The summed E-state index contributed by atoms with van der Waals surface area (Å²) in [4.78, 5) is 12.2. The Balaban J connectivity index is 1.90. The number of hydrogen-bond acceptors (Lipinski definition) is 3. The standard InChI is InChI=1S/C18H16O3/c1-11(2)13-5-3-12(4-6-13)9-17-18(20)15-8-7-14(19)10-16(15)21-17/h3-11,19H,1-2H3/b17-9-. The molecule has 0 atom stereocenters. The van der Waals surface area contributed by atoms with Crippen molar-refractivity contribution in [3.8, 4) is 11.5 Å². The van der Waals surface area contributed by atoms with E-state index in [1.165, 1.54) is 17.7 Å². The first kappa shape index (κ1) is 13.4. The van der Waals surface area contributed by atoms with E-state index >= 15 is 0 Å². The molecule has 0 unspecified atom stereocenters. The first-order valence-corrected chi connectivity index (χ1v) is 6.92. The maximum atomic E-state index is 12.2. The zero-order valence-electron chi connectivity index (χ0n) is 12.0. The van der Waals surface area contributed by atoms with Gasteiger partial charge in [-0.25, -0.2) is 0 Å². The maximum absolute atomic E-state index is 12.2. The Labute approximate surface area is 123 Å². The van der Waals surface area contributed by atoms with E-state index in [2.05, 4.69) is 26.0 Å². The molecule has 2 aromatic rings. The Hall–Kier alpha value is -2.55. The molecule has 21 heavy (non-hydrogen) atoms. The molecule has 2 aromatic carbocycles. The lowest BCUT2D eigenvalue weighted by Crippen LogP contribution is -1.98. The van der Waals surface area contributed by atoms with E-state index in [4.69, 9.17) is 4.74 Å². The number of phenolic OH excluding ortho intramolecular Hbond substituents is 1. The zero-order chi connectivity index (χ0) is 15.0. The van der Waals surface area contributed by atoms with E-state index in [1.807, 2.05) is 12.1 Å². The van der Waals surface area contributed by atoms with Crippen molar-refractivity contribution in [1.82, 2.24) is 0 Å². The summed E-state index contributed by atoms with van der Waals surface area (Å²) in [7, 11) is 0. The molecule has 0 radical (unpaired) electrons. The molecule has 0 fully saturated rings. The number of phenols is 1. The van der Waals surface area contributed by atoms with E-state index in [-0.39, 0.29) is 17.3 Å². The second kappa shape index (κ2) is 5.09. The van der Waals surface area contributed by atoms with E-state index in [1.54, 1.807) is 12.1 Å². The molecule has 0 saturated carbocycles. The van der Waals surface area contributed by atoms with Crippen molar-refractivity contribution in [1.29, 1.82) is 0 Å².